The lowest BCUT2D eigenvalue weighted by Gasteiger charge is -2.22. The van der Waals surface area contributed by atoms with Gasteiger partial charge in [0.05, 0.1) is 16.8 Å². The summed E-state index contributed by atoms with van der Waals surface area (Å²) in [5, 5.41) is 20.9. The molecule has 7 heteroatoms. The Balaban J connectivity index is 2.33. The fourth-order valence-electron chi connectivity index (χ4n) is 1.70. The average Bonchev–Trinajstić information content (AvgIpc) is 2.97. The van der Waals surface area contributed by atoms with E-state index in [1.807, 2.05) is 26.0 Å². The van der Waals surface area contributed by atoms with E-state index in [9.17, 15) is 9.90 Å². The highest BCUT2D eigenvalue weighted by Crippen LogP contribution is 2.29. The lowest BCUT2D eigenvalue weighted by Crippen LogP contribution is -2.32. The molecular weight excluding hydrogens is 264 g/mol. The summed E-state index contributed by atoms with van der Waals surface area (Å²) < 4.78 is 1.57. The number of aromatic nitrogens is 4. The molecule has 2 heterocycles. The van der Waals surface area contributed by atoms with E-state index < -0.39 is 11.4 Å². The second-order valence-corrected chi connectivity index (χ2v) is 6.08. The molecule has 2 rings (SSSR count). The molecule has 0 bridgehead atoms. The van der Waals surface area contributed by atoms with E-state index in [0.717, 1.165) is 4.88 Å². The van der Waals surface area contributed by atoms with Crippen LogP contribution in [0, 0.1) is 12.3 Å². The van der Waals surface area contributed by atoms with E-state index in [1.54, 1.807) is 22.9 Å². The number of aryl methyl sites for hydroxylation is 1. The summed E-state index contributed by atoms with van der Waals surface area (Å²) >= 11 is 1.59. The number of aliphatic carboxylic acids is 1. The normalized spacial score (nSPS) is 14.3. The largest absolute Gasteiger partial charge is 0.481 e. The second-order valence-electron chi connectivity index (χ2n) is 4.79. The summed E-state index contributed by atoms with van der Waals surface area (Å²) in [6.45, 7) is 5.84. The Bertz CT molecular complexity index is 592. The molecule has 1 atom stereocenters. The number of hydrogen-bond acceptors (Lipinski definition) is 5. The number of hydrogen-bond donors (Lipinski definition) is 1. The Morgan fingerprint density at radius 1 is 1.53 bits per heavy atom. The zero-order chi connectivity index (χ0) is 14.0. The molecule has 0 saturated heterocycles. The molecule has 19 heavy (non-hydrogen) atoms. The molecule has 0 radical (unpaired) electrons. The first-order valence-corrected chi connectivity index (χ1v) is 6.84. The summed E-state index contributed by atoms with van der Waals surface area (Å²) in [4.78, 5) is 13.5. The summed E-state index contributed by atoms with van der Waals surface area (Å²) in [5.74, 6) is -0.210. The maximum Gasteiger partial charge on any atom is 0.311 e. The standard InChI is InChI=1S/C12H16N4O2S/c1-4-12(3,11(17)18)7-16-10(13-14-15-16)9-6-5-8(2)19-9/h5-6H,4,7H2,1-3H3,(H,17,18). The third-order valence-electron chi connectivity index (χ3n) is 3.29. The van der Waals surface area contributed by atoms with Gasteiger partial charge < -0.3 is 5.11 Å². The Morgan fingerprint density at radius 2 is 2.26 bits per heavy atom. The summed E-state index contributed by atoms with van der Waals surface area (Å²) in [5.41, 5.74) is -0.865. The summed E-state index contributed by atoms with van der Waals surface area (Å²) in [7, 11) is 0. The van der Waals surface area contributed by atoms with Crippen LogP contribution < -0.4 is 0 Å². The van der Waals surface area contributed by atoms with Gasteiger partial charge in [0.2, 0.25) is 0 Å². The predicted molar refractivity (Wildman–Crippen MR) is 71.9 cm³/mol. The molecule has 0 amide bonds. The van der Waals surface area contributed by atoms with Crippen molar-refractivity contribution in [1.29, 1.82) is 0 Å². The van der Waals surface area contributed by atoms with Crippen molar-refractivity contribution in [2.75, 3.05) is 0 Å². The van der Waals surface area contributed by atoms with E-state index in [-0.39, 0.29) is 6.54 Å². The van der Waals surface area contributed by atoms with Gasteiger partial charge in [-0.2, -0.15) is 0 Å². The molecule has 0 aliphatic heterocycles. The van der Waals surface area contributed by atoms with Gasteiger partial charge in [-0.25, -0.2) is 4.68 Å². The van der Waals surface area contributed by atoms with Crippen molar-refractivity contribution >= 4 is 17.3 Å². The number of carboxylic acid groups (broad SMARTS) is 1. The van der Waals surface area contributed by atoms with Crippen LogP contribution in [-0.4, -0.2) is 31.3 Å². The van der Waals surface area contributed by atoms with Gasteiger partial charge >= 0.3 is 5.97 Å². The second kappa shape index (κ2) is 5.08. The highest BCUT2D eigenvalue weighted by atomic mass is 32.1. The molecule has 6 nitrogen and oxygen atoms in total. The molecule has 0 aromatic carbocycles. The third kappa shape index (κ3) is 2.65. The van der Waals surface area contributed by atoms with Gasteiger partial charge in [-0.05, 0) is 42.8 Å². The number of carboxylic acids is 1. The van der Waals surface area contributed by atoms with Gasteiger partial charge in [0, 0.05) is 4.88 Å². The van der Waals surface area contributed by atoms with Crippen molar-refractivity contribution in [3.05, 3.63) is 17.0 Å². The van der Waals surface area contributed by atoms with E-state index in [0.29, 0.717) is 12.2 Å². The molecule has 102 valence electrons. The van der Waals surface area contributed by atoms with Gasteiger partial charge in [-0.3, -0.25) is 4.79 Å². The van der Waals surface area contributed by atoms with E-state index in [2.05, 4.69) is 15.5 Å². The molecule has 0 aliphatic carbocycles. The molecule has 1 unspecified atom stereocenters. The van der Waals surface area contributed by atoms with E-state index in [1.165, 1.54) is 4.88 Å². The third-order valence-corrected chi connectivity index (χ3v) is 4.28. The molecule has 0 saturated carbocycles. The zero-order valence-electron chi connectivity index (χ0n) is 11.1. The van der Waals surface area contributed by atoms with Crippen molar-refractivity contribution < 1.29 is 9.90 Å². The van der Waals surface area contributed by atoms with Crippen LogP contribution in [0.4, 0.5) is 0 Å². The summed E-state index contributed by atoms with van der Waals surface area (Å²) in [6, 6.07) is 3.95. The first kappa shape index (κ1) is 13.7. The smallest absolute Gasteiger partial charge is 0.311 e. The highest BCUT2D eigenvalue weighted by molar-refractivity contribution is 7.15. The average molecular weight is 280 g/mol. The molecule has 2 aromatic rings. The van der Waals surface area contributed by atoms with Crippen LogP contribution in [0.5, 0.6) is 0 Å². The monoisotopic (exact) mass is 280 g/mol. The maximum absolute atomic E-state index is 11.4. The molecule has 0 fully saturated rings. The van der Waals surface area contributed by atoms with Gasteiger partial charge in [0.1, 0.15) is 0 Å². The zero-order valence-corrected chi connectivity index (χ0v) is 11.9. The SMILES string of the molecule is CCC(C)(Cn1nnnc1-c1ccc(C)s1)C(=O)O. The van der Waals surface area contributed by atoms with Crippen LogP contribution in [0.3, 0.4) is 0 Å². The van der Waals surface area contributed by atoms with E-state index in [4.69, 9.17) is 0 Å². The number of rotatable bonds is 5. The molecule has 1 N–H and O–H groups in total. The Kier molecular flexibility index (Phi) is 3.66. The highest BCUT2D eigenvalue weighted by Gasteiger charge is 2.33. The van der Waals surface area contributed by atoms with Crippen molar-refractivity contribution in [1.82, 2.24) is 20.2 Å². The van der Waals surface area contributed by atoms with Crippen LogP contribution in [0.25, 0.3) is 10.7 Å². The van der Waals surface area contributed by atoms with Gasteiger partial charge in [0.15, 0.2) is 5.82 Å². The number of carbonyl (C=O) groups is 1. The fraction of sp³-hybridized carbons (Fsp3) is 0.500. The van der Waals surface area contributed by atoms with Crippen molar-refractivity contribution in [2.45, 2.75) is 33.7 Å². The van der Waals surface area contributed by atoms with Crippen LogP contribution in [-0.2, 0) is 11.3 Å². The van der Waals surface area contributed by atoms with Crippen molar-refractivity contribution in [3.8, 4) is 10.7 Å². The minimum absolute atomic E-state index is 0.262. The Labute approximate surface area is 115 Å². The lowest BCUT2D eigenvalue weighted by atomic mass is 9.88. The van der Waals surface area contributed by atoms with E-state index >= 15 is 0 Å². The first-order valence-electron chi connectivity index (χ1n) is 6.02. The Morgan fingerprint density at radius 3 is 2.79 bits per heavy atom. The van der Waals surface area contributed by atoms with Gasteiger partial charge in [-0.1, -0.05) is 6.92 Å². The van der Waals surface area contributed by atoms with Crippen molar-refractivity contribution in [3.63, 3.8) is 0 Å². The lowest BCUT2D eigenvalue weighted by molar-refractivity contribution is -0.149. The van der Waals surface area contributed by atoms with Crippen molar-refractivity contribution in [2.24, 2.45) is 5.41 Å². The van der Waals surface area contributed by atoms with Gasteiger partial charge in [0.25, 0.3) is 0 Å². The molecule has 0 aliphatic rings. The quantitative estimate of drug-likeness (QED) is 0.908. The van der Waals surface area contributed by atoms with Crippen LogP contribution in [0.1, 0.15) is 25.1 Å². The van der Waals surface area contributed by atoms with Crippen LogP contribution in [0.15, 0.2) is 12.1 Å². The number of nitrogens with zero attached hydrogens (tertiary/aromatic N) is 4. The molecular formula is C12H16N4O2S. The molecule has 0 spiro atoms. The predicted octanol–water partition coefficient (Wildman–Crippen LogP) is 2.21. The maximum atomic E-state index is 11.4. The fourth-order valence-corrected chi connectivity index (χ4v) is 2.56. The van der Waals surface area contributed by atoms with Crippen LogP contribution in [0.2, 0.25) is 0 Å². The Hall–Kier alpha value is -1.76. The van der Waals surface area contributed by atoms with Crippen LogP contribution >= 0.6 is 11.3 Å². The number of tetrazole rings is 1. The minimum Gasteiger partial charge on any atom is -0.481 e. The minimum atomic E-state index is -0.865. The van der Waals surface area contributed by atoms with Gasteiger partial charge in [-0.15, -0.1) is 16.4 Å². The number of thiophene rings is 1. The summed E-state index contributed by atoms with van der Waals surface area (Å²) in [6.07, 6.45) is 0.519. The topological polar surface area (TPSA) is 80.9 Å². The molecule has 2 aromatic heterocycles. The first-order chi connectivity index (χ1) is 8.96.